The largest absolute Gasteiger partial charge is 0.462 e. The van der Waals surface area contributed by atoms with Crippen LogP contribution in [0.4, 0.5) is 0 Å². The van der Waals surface area contributed by atoms with Crippen LogP contribution in [0.15, 0.2) is 30.5 Å². The van der Waals surface area contributed by atoms with Crippen molar-refractivity contribution >= 4 is 5.97 Å². The molecule has 2 heterocycles. The maximum absolute atomic E-state index is 11.7. The lowest BCUT2D eigenvalue weighted by Gasteiger charge is -2.26. The summed E-state index contributed by atoms with van der Waals surface area (Å²) < 4.78 is 6.81. The molecule has 7 nitrogen and oxygen atoms in total. The molecule has 23 heavy (non-hydrogen) atoms. The molecule has 2 aromatic rings. The Morgan fingerprint density at radius 2 is 2.00 bits per heavy atom. The fourth-order valence-corrected chi connectivity index (χ4v) is 2.63. The van der Waals surface area contributed by atoms with Gasteiger partial charge in [-0.2, -0.15) is 0 Å². The highest BCUT2D eigenvalue weighted by molar-refractivity contribution is 5.89. The molecule has 0 spiro atoms. The summed E-state index contributed by atoms with van der Waals surface area (Å²) in [4.78, 5) is 14.1. The Hall–Kier alpha value is -2.25. The van der Waals surface area contributed by atoms with Crippen molar-refractivity contribution in [2.24, 2.45) is 0 Å². The van der Waals surface area contributed by atoms with Gasteiger partial charge in [0.1, 0.15) is 0 Å². The van der Waals surface area contributed by atoms with Gasteiger partial charge >= 0.3 is 5.97 Å². The van der Waals surface area contributed by atoms with Crippen LogP contribution in [-0.4, -0.2) is 58.6 Å². The number of carbonyl (C=O) groups excluding carboxylic acids is 1. The number of carbonyl (C=O) groups is 1. The number of nitrogens with zero attached hydrogens (tertiary/aromatic N) is 4. The number of aromatic nitrogens is 3. The molecular formula is C16H21N5O2. The zero-order valence-corrected chi connectivity index (χ0v) is 13.2. The van der Waals surface area contributed by atoms with Crippen LogP contribution in [0, 0.1) is 0 Å². The first-order valence-electron chi connectivity index (χ1n) is 7.88. The molecule has 0 radical (unpaired) electrons. The second-order valence-corrected chi connectivity index (χ2v) is 5.43. The van der Waals surface area contributed by atoms with Crippen LogP contribution in [0.1, 0.15) is 23.0 Å². The van der Waals surface area contributed by atoms with E-state index in [0.717, 1.165) is 44.1 Å². The van der Waals surface area contributed by atoms with Gasteiger partial charge in [-0.15, -0.1) is 5.10 Å². The molecule has 1 fully saturated rings. The first-order chi connectivity index (χ1) is 11.3. The molecule has 0 saturated carbocycles. The van der Waals surface area contributed by atoms with Gasteiger partial charge in [0, 0.05) is 32.7 Å². The number of hydrogen-bond acceptors (Lipinski definition) is 6. The number of ether oxygens (including phenoxy) is 1. The third-order valence-corrected chi connectivity index (χ3v) is 3.84. The highest BCUT2D eigenvalue weighted by Crippen LogP contribution is 2.13. The minimum absolute atomic E-state index is 0.307. The molecule has 1 aliphatic rings. The molecule has 0 amide bonds. The highest BCUT2D eigenvalue weighted by atomic mass is 16.5. The van der Waals surface area contributed by atoms with Crippen molar-refractivity contribution in [3.63, 3.8) is 0 Å². The molecule has 1 aromatic carbocycles. The Kier molecular flexibility index (Phi) is 4.99. The average molecular weight is 315 g/mol. The summed E-state index contributed by atoms with van der Waals surface area (Å²) >= 11 is 0. The van der Waals surface area contributed by atoms with E-state index >= 15 is 0 Å². The second-order valence-electron chi connectivity index (χ2n) is 5.43. The molecule has 0 bridgehead atoms. The first-order valence-corrected chi connectivity index (χ1v) is 7.88. The van der Waals surface area contributed by atoms with Crippen molar-refractivity contribution in [3.05, 3.63) is 41.7 Å². The number of esters is 1. The quantitative estimate of drug-likeness (QED) is 0.825. The van der Waals surface area contributed by atoms with Gasteiger partial charge in [-0.25, -0.2) is 9.48 Å². The molecule has 3 rings (SSSR count). The lowest BCUT2D eigenvalue weighted by Crippen LogP contribution is -2.43. The second kappa shape index (κ2) is 7.34. The van der Waals surface area contributed by atoms with Crippen LogP contribution in [0.3, 0.4) is 0 Å². The van der Waals surface area contributed by atoms with E-state index in [1.165, 1.54) is 0 Å². The number of benzene rings is 1. The maximum Gasteiger partial charge on any atom is 0.338 e. The monoisotopic (exact) mass is 315 g/mol. The van der Waals surface area contributed by atoms with Crippen LogP contribution in [0.2, 0.25) is 0 Å². The van der Waals surface area contributed by atoms with E-state index in [9.17, 15) is 4.79 Å². The van der Waals surface area contributed by atoms with Crippen molar-refractivity contribution < 1.29 is 9.53 Å². The van der Waals surface area contributed by atoms with E-state index in [1.807, 2.05) is 16.8 Å². The first kappa shape index (κ1) is 15.6. The number of hydrogen-bond donors (Lipinski definition) is 1. The van der Waals surface area contributed by atoms with E-state index in [1.54, 1.807) is 25.3 Å². The number of nitrogens with one attached hydrogen (secondary N) is 1. The van der Waals surface area contributed by atoms with Crippen molar-refractivity contribution in [1.29, 1.82) is 0 Å². The molecule has 0 aliphatic carbocycles. The fraction of sp³-hybridized carbons (Fsp3) is 0.438. The molecule has 1 saturated heterocycles. The zero-order valence-electron chi connectivity index (χ0n) is 13.2. The van der Waals surface area contributed by atoms with Gasteiger partial charge < -0.3 is 10.1 Å². The van der Waals surface area contributed by atoms with Crippen LogP contribution in [-0.2, 0) is 11.3 Å². The average Bonchev–Trinajstić information content (AvgIpc) is 3.04. The summed E-state index contributed by atoms with van der Waals surface area (Å²) in [6.45, 7) is 7.04. The van der Waals surface area contributed by atoms with Crippen LogP contribution in [0.5, 0.6) is 0 Å². The summed E-state index contributed by atoms with van der Waals surface area (Å²) in [5, 5.41) is 11.5. The zero-order chi connectivity index (χ0) is 16.1. The Morgan fingerprint density at radius 3 is 2.70 bits per heavy atom. The smallest absolute Gasteiger partial charge is 0.338 e. The number of rotatable bonds is 5. The molecule has 0 unspecified atom stereocenters. The molecule has 122 valence electrons. The Bertz CT molecular complexity index is 647. The van der Waals surface area contributed by atoms with Crippen molar-refractivity contribution in [3.8, 4) is 5.69 Å². The van der Waals surface area contributed by atoms with Gasteiger partial charge in [-0.3, -0.25) is 4.90 Å². The number of piperazine rings is 1. The Morgan fingerprint density at radius 1 is 1.26 bits per heavy atom. The van der Waals surface area contributed by atoms with Crippen LogP contribution in [0.25, 0.3) is 5.69 Å². The van der Waals surface area contributed by atoms with Gasteiger partial charge in [0.15, 0.2) is 0 Å². The van der Waals surface area contributed by atoms with Gasteiger partial charge in [-0.1, -0.05) is 5.21 Å². The maximum atomic E-state index is 11.7. The lowest BCUT2D eigenvalue weighted by atomic mass is 10.2. The molecule has 1 aliphatic heterocycles. The van der Waals surface area contributed by atoms with Crippen molar-refractivity contribution in [2.45, 2.75) is 13.5 Å². The van der Waals surface area contributed by atoms with Gasteiger partial charge in [0.2, 0.25) is 0 Å². The van der Waals surface area contributed by atoms with E-state index in [4.69, 9.17) is 4.74 Å². The lowest BCUT2D eigenvalue weighted by molar-refractivity contribution is 0.0526. The molecule has 1 aromatic heterocycles. The molecule has 0 atom stereocenters. The summed E-state index contributed by atoms with van der Waals surface area (Å²) in [5.74, 6) is -0.307. The van der Waals surface area contributed by atoms with Crippen molar-refractivity contribution in [2.75, 3.05) is 32.8 Å². The predicted molar refractivity (Wildman–Crippen MR) is 85.5 cm³/mol. The van der Waals surface area contributed by atoms with Gasteiger partial charge in [-0.05, 0) is 31.2 Å². The molecule has 1 N–H and O–H groups in total. The topological polar surface area (TPSA) is 72.3 Å². The Labute approximate surface area is 135 Å². The fourth-order valence-electron chi connectivity index (χ4n) is 2.63. The standard InChI is InChI=1S/C16H21N5O2/c1-2-23-16(22)13-3-5-14(6-4-13)21-15(11-18-19-21)12-20-9-7-17-8-10-20/h3-6,11,17H,2,7-10,12H2,1H3. The summed E-state index contributed by atoms with van der Waals surface area (Å²) in [6.07, 6.45) is 1.79. The highest BCUT2D eigenvalue weighted by Gasteiger charge is 2.14. The Balaban J connectivity index is 1.74. The third kappa shape index (κ3) is 3.75. The van der Waals surface area contributed by atoms with Gasteiger partial charge in [0.25, 0.3) is 0 Å². The van der Waals surface area contributed by atoms with Crippen LogP contribution < -0.4 is 5.32 Å². The van der Waals surface area contributed by atoms with Crippen LogP contribution >= 0.6 is 0 Å². The minimum atomic E-state index is -0.307. The van der Waals surface area contributed by atoms with E-state index in [-0.39, 0.29) is 5.97 Å². The predicted octanol–water partition coefficient (Wildman–Crippen LogP) is 0.849. The van der Waals surface area contributed by atoms with Crippen molar-refractivity contribution in [1.82, 2.24) is 25.2 Å². The summed E-state index contributed by atoms with van der Waals surface area (Å²) in [6, 6.07) is 7.23. The minimum Gasteiger partial charge on any atom is -0.462 e. The van der Waals surface area contributed by atoms with E-state index in [2.05, 4.69) is 20.5 Å². The van der Waals surface area contributed by atoms with E-state index < -0.39 is 0 Å². The molecular weight excluding hydrogens is 294 g/mol. The summed E-state index contributed by atoms with van der Waals surface area (Å²) in [5.41, 5.74) is 2.47. The normalized spacial score (nSPS) is 15.5. The third-order valence-electron chi connectivity index (χ3n) is 3.84. The SMILES string of the molecule is CCOC(=O)c1ccc(-n2nncc2CN2CCNCC2)cc1. The van der Waals surface area contributed by atoms with Gasteiger partial charge in [0.05, 0.1) is 29.7 Å². The van der Waals surface area contributed by atoms with E-state index in [0.29, 0.717) is 12.2 Å². The summed E-state index contributed by atoms with van der Waals surface area (Å²) in [7, 11) is 0. The molecule has 7 heteroatoms.